The first kappa shape index (κ1) is 13.8. The van der Waals surface area contributed by atoms with E-state index in [0.717, 1.165) is 24.7 Å². The minimum atomic E-state index is 0.322. The molecule has 0 bridgehead atoms. The van der Waals surface area contributed by atoms with E-state index in [1.165, 1.54) is 44.1 Å². The Bertz CT molecular complexity index is 562. The normalized spacial score (nSPS) is 41.3. The van der Waals surface area contributed by atoms with Crippen LogP contribution in [0.3, 0.4) is 0 Å². The highest BCUT2D eigenvalue weighted by Gasteiger charge is 2.51. The quantitative estimate of drug-likeness (QED) is 0.557. The third-order valence-electron chi connectivity index (χ3n) is 7.37. The SMILES string of the molecule is CC1(C)CCC2=C1CCC1C2CCC2=CC(=O)CCC21C. The van der Waals surface area contributed by atoms with Crippen LogP contribution in [0, 0.1) is 22.7 Å². The molecule has 114 valence electrons. The van der Waals surface area contributed by atoms with E-state index in [9.17, 15) is 4.79 Å². The summed E-state index contributed by atoms with van der Waals surface area (Å²) in [4.78, 5) is 11.8. The molecule has 0 aromatic heterocycles. The zero-order valence-corrected chi connectivity index (χ0v) is 13.8. The Balaban J connectivity index is 1.73. The molecule has 1 nitrogen and oxygen atoms in total. The van der Waals surface area contributed by atoms with Crippen LogP contribution in [-0.2, 0) is 4.79 Å². The van der Waals surface area contributed by atoms with Crippen molar-refractivity contribution in [2.24, 2.45) is 22.7 Å². The zero-order valence-electron chi connectivity index (χ0n) is 13.8. The second kappa shape index (κ2) is 4.33. The topological polar surface area (TPSA) is 17.1 Å². The Morgan fingerprint density at radius 2 is 1.81 bits per heavy atom. The van der Waals surface area contributed by atoms with Crippen molar-refractivity contribution in [2.45, 2.75) is 72.1 Å². The molecule has 0 aromatic carbocycles. The standard InChI is InChI=1S/C20H28O/c1-19(2)10-9-16-15-5-4-13-12-14(21)8-11-20(13,3)18(15)7-6-17(16)19/h12,15,18H,4-11H2,1-3H3. The van der Waals surface area contributed by atoms with Crippen molar-refractivity contribution in [3.63, 3.8) is 0 Å². The Labute approximate surface area is 128 Å². The maximum Gasteiger partial charge on any atom is 0.155 e. The van der Waals surface area contributed by atoms with E-state index >= 15 is 0 Å². The molecule has 3 unspecified atom stereocenters. The predicted molar refractivity (Wildman–Crippen MR) is 85.9 cm³/mol. The van der Waals surface area contributed by atoms with Gasteiger partial charge in [0.15, 0.2) is 5.78 Å². The number of hydrogen-bond acceptors (Lipinski definition) is 1. The number of carbonyl (C=O) groups is 1. The smallest absolute Gasteiger partial charge is 0.155 e. The minimum absolute atomic E-state index is 0.322. The van der Waals surface area contributed by atoms with Gasteiger partial charge in [0.2, 0.25) is 0 Å². The Morgan fingerprint density at radius 3 is 2.62 bits per heavy atom. The van der Waals surface area contributed by atoms with Crippen LogP contribution < -0.4 is 0 Å². The van der Waals surface area contributed by atoms with Gasteiger partial charge >= 0.3 is 0 Å². The van der Waals surface area contributed by atoms with Crippen LogP contribution >= 0.6 is 0 Å². The van der Waals surface area contributed by atoms with Crippen LogP contribution in [0.2, 0.25) is 0 Å². The van der Waals surface area contributed by atoms with Crippen LogP contribution in [0.15, 0.2) is 22.8 Å². The molecular weight excluding hydrogens is 256 g/mol. The molecule has 4 rings (SSSR count). The summed E-state index contributed by atoms with van der Waals surface area (Å²) in [5.41, 5.74) is 5.92. The lowest BCUT2D eigenvalue weighted by Crippen LogP contribution is -2.43. The fourth-order valence-electron chi connectivity index (χ4n) is 6.04. The first-order valence-corrected chi connectivity index (χ1v) is 8.88. The van der Waals surface area contributed by atoms with Gasteiger partial charge in [0.25, 0.3) is 0 Å². The average molecular weight is 284 g/mol. The summed E-state index contributed by atoms with van der Waals surface area (Å²) in [5, 5.41) is 0. The molecule has 3 atom stereocenters. The number of rotatable bonds is 0. The van der Waals surface area contributed by atoms with Crippen molar-refractivity contribution in [1.29, 1.82) is 0 Å². The minimum Gasteiger partial charge on any atom is -0.295 e. The molecule has 0 N–H and O–H groups in total. The van der Waals surface area contributed by atoms with Gasteiger partial charge < -0.3 is 0 Å². The van der Waals surface area contributed by atoms with Crippen molar-refractivity contribution in [3.05, 3.63) is 22.8 Å². The van der Waals surface area contributed by atoms with Crippen molar-refractivity contribution < 1.29 is 4.79 Å². The van der Waals surface area contributed by atoms with Crippen LogP contribution in [0.4, 0.5) is 0 Å². The highest BCUT2D eigenvalue weighted by molar-refractivity contribution is 5.91. The second-order valence-electron chi connectivity index (χ2n) is 8.73. The van der Waals surface area contributed by atoms with E-state index in [2.05, 4.69) is 20.8 Å². The summed E-state index contributed by atoms with van der Waals surface area (Å²) < 4.78 is 0. The summed E-state index contributed by atoms with van der Waals surface area (Å²) in [6.07, 6.45) is 11.7. The molecule has 4 aliphatic rings. The van der Waals surface area contributed by atoms with Crippen LogP contribution in [-0.4, -0.2) is 5.78 Å². The Kier molecular flexibility index (Phi) is 2.85. The highest BCUT2D eigenvalue weighted by atomic mass is 16.1. The van der Waals surface area contributed by atoms with Gasteiger partial charge in [-0.3, -0.25) is 4.79 Å². The largest absolute Gasteiger partial charge is 0.295 e. The number of ketones is 1. The third kappa shape index (κ3) is 1.85. The molecule has 0 radical (unpaired) electrons. The molecule has 0 spiro atoms. The molecular formula is C20H28O. The summed E-state index contributed by atoms with van der Waals surface area (Å²) in [7, 11) is 0. The summed E-state index contributed by atoms with van der Waals surface area (Å²) in [6, 6.07) is 0. The molecule has 0 aromatic rings. The van der Waals surface area contributed by atoms with Crippen molar-refractivity contribution in [3.8, 4) is 0 Å². The van der Waals surface area contributed by atoms with Crippen molar-refractivity contribution in [2.75, 3.05) is 0 Å². The van der Waals surface area contributed by atoms with Gasteiger partial charge in [0.1, 0.15) is 0 Å². The first-order valence-electron chi connectivity index (χ1n) is 8.88. The third-order valence-corrected chi connectivity index (χ3v) is 7.37. The van der Waals surface area contributed by atoms with Crippen LogP contribution in [0.5, 0.6) is 0 Å². The van der Waals surface area contributed by atoms with Gasteiger partial charge in [-0.2, -0.15) is 0 Å². The summed E-state index contributed by atoms with van der Waals surface area (Å²) in [6.45, 7) is 7.36. The number of fused-ring (bicyclic) bond motifs is 4. The van der Waals surface area contributed by atoms with E-state index in [-0.39, 0.29) is 0 Å². The van der Waals surface area contributed by atoms with Gasteiger partial charge in [0.05, 0.1) is 0 Å². The Hall–Kier alpha value is -0.850. The fourth-order valence-corrected chi connectivity index (χ4v) is 6.04. The molecule has 0 heterocycles. The summed E-state index contributed by atoms with van der Waals surface area (Å²) in [5.74, 6) is 2.00. The first-order chi connectivity index (χ1) is 9.92. The second-order valence-corrected chi connectivity index (χ2v) is 8.73. The van der Waals surface area contributed by atoms with Gasteiger partial charge in [-0.15, -0.1) is 0 Å². The van der Waals surface area contributed by atoms with E-state index in [1.54, 1.807) is 0 Å². The van der Waals surface area contributed by atoms with Crippen molar-refractivity contribution in [1.82, 2.24) is 0 Å². The zero-order chi connectivity index (χ0) is 14.8. The number of hydrogen-bond donors (Lipinski definition) is 0. The number of allylic oxidation sites excluding steroid dienone is 4. The van der Waals surface area contributed by atoms with E-state index in [0.29, 0.717) is 16.6 Å². The molecule has 1 heteroatoms. The van der Waals surface area contributed by atoms with Crippen LogP contribution in [0.25, 0.3) is 0 Å². The predicted octanol–water partition coefficient (Wildman–Crippen LogP) is 5.22. The summed E-state index contributed by atoms with van der Waals surface area (Å²) >= 11 is 0. The fraction of sp³-hybridized carbons (Fsp3) is 0.750. The van der Waals surface area contributed by atoms with Gasteiger partial charge in [0, 0.05) is 6.42 Å². The maximum atomic E-state index is 11.8. The molecule has 1 saturated carbocycles. The van der Waals surface area contributed by atoms with Gasteiger partial charge in [-0.05, 0) is 73.7 Å². The highest BCUT2D eigenvalue weighted by Crippen LogP contribution is 2.62. The lowest BCUT2D eigenvalue weighted by molar-refractivity contribution is -0.116. The molecule has 4 aliphatic carbocycles. The lowest BCUT2D eigenvalue weighted by atomic mass is 9.52. The molecule has 21 heavy (non-hydrogen) atoms. The lowest BCUT2D eigenvalue weighted by Gasteiger charge is -2.52. The molecule has 0 aliphatic heterocycles. The van der Waals surface area contributed by atoms with E-state index < -0.39 is 0 Å². The Morgan fingerprint density at radius 1 is 1.00 bits per heavy atom. The number of carbonyl (C=O) groups excluding carboxylic acids is 1. The molecule has 0 saturated heterocycles. The average Bonchev–Trinajstić information content (AvgIpc) is 2.76. The monoisotopic (exact) mass is 284 g/mol. The van der Waals surface area contributed by atoms with Gasteiger partial charge in [-0.1, -0.05) is 37.5 Å². The van der Waals surface area contributed by atoms with E-state index in [1.807, 2.05) is 17.2 Å². The van der Waals surface area contributed by atoms with Crippen molar-refractivity contribution >= 4 is 5.78 Å². The van der Waals surface area contributed by atoms with Crippen LogP contribution in [0.1, 0.15) is 72.1 Å². The maximum absolute atomic E-state index is 11.8. The van der Waals surface area contributed by atoms with E-state index in [4.69, 9.17) is 0 Å². The molecule has 0 amide bonds. The van der Waals surface area contributed by atoms with Gasteiger partial charge in [-0.25, -0.2) is 0 Å². The molecule has 1 fully saturated rings.